The van der Waals surface area contributed by atoms with Crippen LogP contribution < -0.4 is 5.73 Å². The molecule has 0 radical (unpaired) electrons. The number of nitrogens with zero attached hydrogens (tertiary/aromatic N) is 2. The number of carbonyl (C=O) groups excluding carboxylic acids is 1. The maximum Gasteiger partial charge on any atom is 0.319 e. The zero-order valence-electron chi connectivity index (χ0n) is 8.66. The topological polar surface area (TPSA) is 49.6 Å². The molecule has 2 N–H and O–H groups in total. The van der Waals surface area contributed by atoms with Gasteiger partial charge in [0.15, 0.2) is 0 Å². The fourth-order valence-corrected chi connectivity index (χ4v) is 1.86. The van der Waals surface area contributed by atoms with Gasteiger partial charge in [0.25, 0.3) is 0 Å². The quantitative estimate of drug-likeness (QED) is 0.640. The number of hydrogen-bond donors (Lipinski definition) is 1. The van der Waals surface area contributed by atoms with Gasteiger partial charge in [0.1, 0.15) is 0 Å². The maximum atomic E-state index is 11.7. The molecule has 1 heterocycles. The number of urea groups is 1. The summed E-state index contributed by atoms with van der Waals surface area (Å²) in [6.45, 7) is 3.57. The number of amides is 2. The monoisotopic (exact) mass is 185 g/mol. The van der Waals surface area contributed by atoms with Gasteiger partial charge >= 0.3 is 6.03 Å². The third-order valence-electron chi connectivity index (χ3n) is 2.75. The Morgan fingerprint density at radius 3 is 2.69 bits per heavy atom. The van der Waals surface area contributed by atoms with Gasteiger partial charge < -0.3 is 15.5 Å². The van der Waals surface area contributed by atoms with E-state index in [-0.39, 0.29) is 12.1 Å². The van der Waals surface area contributed by atoms with Crippen molar-refractivity contribution in [3.8, 4) is 0 Å². The van der Waals surface area contributed by atoms with Crippen molar-refractivity contribution in [3.63, 3.8) is 0 Å². The zero-order chi connectivity index (χ0) is 10.0. The van der Waals surface area contributed by atoms with Gasteiger partial charge in [-0.25, -0.2) is 4.79 Å². The highest BCUT2D eigenvalue weighted by Gasteiger charge is 2.33. The van der Waals surface area contributed by atoms with Crippen LogP contribution in [0.15, 0.2) is 0 Å². The van der Waals surface area contributed by atoms with Crippen LogP contribution in [-0.4, -0.2) is 49.1 Å². The average Bonchev–Trinajstić information content (AvgIpc) is 2.45. The third-order valence-corrected chi connectivity index (χ3v) is 2.75. The van der Waals surface area contributed by atoms with E-state index in [4.69, 9.17) is 5.73 Å². The minimum absolute atomic E-state index is 0.0831. The number of hydrogen-bond acceptors (Lipinski definition) is 2. The summed E-state index contributed by atoms with van der Waals surface area (Å²) < 4.78 is 0. The highest BCUT2D eigenvalue weighted by Crippen LogP contribution is 2.23. The Morgan fingerprint density at radius 2 is 2.23 bits per heavy atom. The summed E-state index contributed by atoms with van der Waals surface area (Å²) in [5.41, 5.74) is 5.64. The summed E-state index contributed by atoms with van der Waals surface area (Å²) >= 11 is 0. The Balaban J connectivity index is 2.65. The van der Waals surface area contributed by atoms with Gasteiger partial charge in [0.2, 0.25) is 0 Å². The molecule has 1 saturated heterocycles. The molecule has 0 bridgehead atoms. The van der Waals surface area contributed by atoms with Crippen molar-refractivity contribution >= 4 is 6.03 Å². The number of carbonyl (C=O) groups is 1. The molecule has 1 fully saturated rings. The summed E-state index contributed by atoms with van der Waals surface area (Å²) in [5, 5.41) is 0. The third kappa shape index (κ3) is 1.94. The van der Waals surface area contributed by atoms with E-state index in [2.05, 4.69) is 6.92 Å². The first-order valence-corrected chi connectivity index (χ1v) is 4.76. The van der Waals surface area contributed by atoms with Crippen molar-refractivity contribution in [3.05, 3.63) is 0 Å². The Labute approximate surface area is 79.7 Å². The first kappa shape index (κ1) is 10.3. The molecule has 0 aromatic carbocycles. The Hall–Kier alpha value is -0.770. The number of nitrogens with two attached hydrogens (primary N) is 1. The lowest BCUT2D eigenvalue weighted by Crippen LogP contribution is -2.46. The minimum atomic E-state index is 0.0831. The van der Waals surface area contributed by atoms with Crippen molar-refractivity contribution in [2.24, 2.45) is 11.7 Å². The van der Waals surface area contributed by atoms with E-state index in [1.165, 1.54) is 0 Å². The first-order chi connectivity index (χ1) is 6.07. The van der Waals surface area contributed by atoms with E-state index in [9.17, 15) is 4.79 Å². The molecule has 2 atom stereocenters. The minimum Gasteiger partial charge on any atom is -0.331 e. The number of likely N-dealkylation sites (tertiary alicyclic amines) is 1. The fraction of sp³-hybridized carbons (Fsp3) is 0.889. The first-order valence-electron chi connectivity index (χ1n) is 4.76. The molecular weight excluding hydrogens is 166 g/mol. The summed E-state index contributed by atoms with van der Waals surface area (Å²) in [7, 11) is 3.55. The van der Waals surface area contributed by atoms with Crippen LogP contribution in [0, 0.1) is 5.92 Å². The molecule has 1 rings (SSSR count). The van der Waals surface area contributed by atoms with E-state index >= 15 is 0 Å². The summed E-state index contributed by atoms with van der Waals surface area (Å²) in [5.74, 6) is 0.536. The van der Waals surface area contributed by atoms with Crippen molar-refractivity contribution < 1.29 is 4.79 Å². The molecule has 0 aromatic rings. The molecule has 2 amide bonds. The van der Waals surface area contributed by atoms with E-state index in [0.29, 0.717) is 12.5 Å². The number of rotatable bonds is 1. The maximum absolute atomic E-state index is 11.7. The standard InChI is InChI=1S/C9H19N3O/c1-7-4-5-12(8(7)6-10)9(13)11(2)3/h7-8H,4-6,10H2,1-3H3. The van der Waals surface area contributed by atoms with E-state index < -0.39 is 0 Å². The van der Waals surface area contributed by atoms with Crippen molar-refractivity contribution in [2.45, 2.75) is 19.4 Å². The van der Waals surface area contributed by atoms with Crippen molar-refractivity contribution in [1.29, 1.82) is 0 Å². The molecule has 0 aromatic heterocycles. The molecule has 1 aliphatic rings. The van der Waals surface area contributed by atoms with Crippen LogP contribution in [0.2, 0.25) is 0 Å². The molecule has 2 unspecified atom stereocenters. The van der Waals surface area contributed by atoms with Gasteiger partial charge in [0.05, 0.1) is 0 Å². The second-order valence-corrected chi connectivity index (χ2v) is 3.94. The SMILES string of the molecule is CC1CCN(C(=O)N(C)C)C1CN. The predicted molar refractivity (Wildman–Crippen MR) is 52.4 cm³/mol. The molecule has 0 saturated carbocycles. The molecule has 4 heteroatoms. The van der Waals surface area contributed by atoms with E-state index in [0.717, 1.165) is 13.0 Å². The average molecular weight is 185 g/mol. The Bertz CT molecular complexity index is 193. The Morgan fingerprint density at radius 1 is 1.62 bits per heavy atom. The van der Waals surface area contributed by atoms with Gasteiger partial charge in [-0.05, 0) is 12.3 Å². The molecule has 76 valence electrons. The zero-order valence-corrected chi connectivity index (χ0v) is 8.66. The van der Waals surface area contributed by atoms with Crippen LogP contribution in [0.1, 0.15) is 13.3 Å². The summed E-state index contributed by atoms with van der Waals surface area (Å²) in [4.78, 5) is 15.1. The van der Waals surface area contributed by atoms with Gasteiger partial charge in [-0.3, -0.25) is 0 Å². The smallest absolute Gasteiger partial charge is 0.319 e. The molecule has 13 heavy (non-hydrogen) atoms. The van der Waals surface area contributed by atoms with E-state index in [1.807, 2.05) is 4.90 Å². The molecule has 0 aliphatic carbocycles. The second-order valence-electron chi connectivity index (χ2n) is 3.94. The van der Waals surface area contributed by atoms with Crippen LogP contribution in [0.5, 0.6) is 0 Å². The highest BCUT2D eigenvalue weighted by atomic mass is 16.2. The van der Waals surface area contributed by atoms with Crippen LogP contribution in [-0.2, 0) is 0 Å². The van der Waals surface area contributed by atoms with Gasteiger partial charge in [-0.1, -0.05) is 6.92 Å². The largest absolute Gasteiger partial charge is 0.331 e. The summed E-state index contributed by atoms with van der Waals surface area (Å²) in [6.07, 6.45) is 1.07. The Kier molecular flexibility index (Phi) is 3.14. The van der Waals surface area contributed by atoms with E-state index in [1.54, 1.807) is 19.0 Å². The van der Waals surface area contributed by atoms with Gasteiger partial charge in [-0.15, -0.1) is 0 Å². The van der Waals surface area contributed by atoms with Gasteiger partial charge in [0, 0.05) is 33.2 Å². The molecule has 4 nitrogen and oxygen atoms in total. The van der Waals surface area contributed by atoms with Crippen molar-refractivity contribution in [1.82, 2.24) is 9.80 Å². The normalized spacial score (nSPS) is 27.8. The molecular formula is C9H19N3O. The fourth-order valence-electron chi connectivity index (χ4n) is 1.86. The van der Waals surface area contributed by atoms with Crippen LogP contribution in [0.25, 0.3) is 0 Å². The predicted octanol–water partition coefficient (Wildman–Crippen LogP) is 0.337. The molecule has 1 aliphatic heterocycles. The lowest BCUT2D eigenvalue weighted by Gasteiger charge is -2.28. The van der Waals surface area contributed by atoms with Crippen molar-refractivity contribution in [2.75, 3.05) is 27.2 Å². The second kappa shape index (κ2) is 3.96. The summed E-state index contributed by atoms with van der Waals surface area (Å²) in [6, 6.07) is 0.315. The van der Waals surface area contributed by atoms with Crippen LogP contribution in [0.3, 0.4) is 0 Å². The molecule has 0 spiro atoms. The van der Waals surface area contributed by atoms with Crippen LogP contribution >= 0.6 is 0 Å². The van der Waals surface area contributed by atoms with Gasteiger partial charge in [-0.2, -0.15) is 0 Å². The highest BCUT2D eigenvalue weighted by molar-refractivity contribution is 5.74. The van der Waals surface area contributed by atoms with Crippen LogP contribution in [0.4, 0.5) is 4.79 Å². The lowest BCUT2D eigenvalue weighted by atomic mass is 10.0. The lowest BCUT2D eigenvalue weighted by molar-refractivity contribution is 0.162.